The minimum atomic E-state index is 0.157. The molecular formula is C18H26N2O2. The molecule has 1 amide bonds. The van der Waals surface area contributed by atoms with Crippen molar-refractivity contribution < 1.29 is 9.53 Å². The summed E-state index contributed by atoms with van der Waals surface area (Å²) >= 11 is 0. The van der Waals surface area contributed by atoms with Gasteiger partial charge in [0.05, 0.1) is 6.61 Å². The number of amides is 1. The number of ether oxygens (including phenoxy) is 1. The van der Waals surface area contributed by atoms with E-state index in [2.05, 4.69) is 16.8 Å². The molecule has 0 bridgehead atoms. The maximum absolute atomic E-state index is 12.9. The van der Waals surface area contributed by atoms with Crippen LogP contribution in [0, 0.1) is 0 Å². The Kier molecular flexibility index (Phi) is 4.67. The van der Waals surface area contributed by atoms with Crippen LogP contribution < -0.4 is 4.74 Å². The van der Waals surface area contributed by atoms with E-state index in [-0.39, 0.29) is 5.91 Å². The number of benzene rings is 1. The first-order valence-corrected chi connectivity index (χ1v) is 8.44. The lowest BCUT2D eigenvalue weighted by Crippen LogP contribution is -2.47. The van der Waals surface area contributed by atoms with Crippen molar-refractivity contribution in [1.82, 2.24) is 9.80 Å². The van der Waals surface area contributed by atoms with Crippen molar-refractivity contribution in [3.8, 4) is 5.75 Å². The summed E-state index contributed by atoms with van der Waals surface area (Å²) in [6, 6.07) is 8.49. The Bertz CT molecular complexity index is 532. The number of hydrogen-bond donors (Lipinski definition) is 0. The van der Waals surface area contributed by atoms with Crippen molar-refractivity contribution in [1.29, 1.82) is 0 Å². The molecule has 0 saturated carbocycles. The van der Waals surface area contributed by atoms with Crippen molar-refractivity contribution in [2.24, 2.45) is 0 Å². The zero-order valence-corrected chi connectivity index (χ0v) is 13.6. The van der Waals surface area contributed by atoms with Gasteiger partial charge in [-0.3, -0.25) is 4.79 Å². The average Bonchev–Trinajstić information content (AvgIpc) is 3.15. The van der Waals surface area contributed by atoms with Crippen LogP contribution in [0.3, 0.4) is 0 Å². The summed E-state index contributed by atoms with van der Waals surface area (Å²) in [5, 5.41) is 0. The maximum atomic E-state index is 12.9. The van der Waals surface area contributed by atoms with Crippen LogP contribution in [0.25, 0.3) is 0 Å². The van der Waals surface area contributed by atoms with Gasteiger partial charge < -0.3 is 14.5 Å². The van der Waals surface area contributed by atoms with E-state index in [0.29, 0.717) is 18.7 Å². The summed E-state index contributed by atoms with van der Waals surface area (Å²) in [4.78, 5) is 17.4. The summed E-state index contributed by atoms with van der Waals surface area (Å²) in [5.41, 5.74) is 0.749. The zero-order valence-electron chi connectivity index (χ0n) is 13.6. The van der Waals surface area contributed by atoms with Crippen LogP contribution >= 0.6 is 0 Å². The van der Waals surface area contributed by atoms with E-state index in [4.69, 9.17) is 4.74 Å². The van der Waals surface area contributed by atoms with E-state index in [0.717, 1.165) is 37.2 Å². The van der Waals surface area contributed by atoms with Crippen LogP contribution in [-0.2, 0) is 0 Å². The van der Waals surface area contributed by atoms with Crippen LogP contribution in [-0.4, -0.2) is 54.5 Å². The molecule has 0 aliphatic carbocycles. The van der Waals surface area contributed by atoms with Gasteiger partial charge in [0.25, 0.3) is 5.91 Å². The maximum Gasteiger partial charge on any atom is 0.254 e. The van der Waals surface area contributed by atoms with Gasteiger partial charge >= 0.3 is 0 Å². The molecule has 3 rings (SSSR count). The van der Waals surface area contributed by atoms with Crippen LogP contribution in [0.15, 0.2) is 24.3 Å². The molecule has 0 aromatic heterocycles. The number of likely N-dealkylation sites (tertiary alicyclic amines) is 2. The molecule has 4 heteroatoms. The summed E-state index contributed by atoms with van der Waals surface area (Å²) in [6.45, 7) is 4.62. The Morgan fingerprint density at radius 3 is 2.73 bits per heavy atom. The van der Waals surface area contributed by atoms with Gasteiger partial charge in [0.1, 0.15) is 5.75 Å². The molecule has 4 nitrogen and oxygen atoms in total. The second-order valence-electron chi connectivity index (χ2n) is 6.36. The van der Waals surface area contributed by atoms with Gasteiger partial charge in [-0.05, 0) is 64.4 Å². The highest BCUT2D eigenvalue weighted by Crippen LogP contribution is 2.30. The fraction of sp³-hybridized carbons (Fsp3) is 0.611. The summed E-state index contributed by atoms with van der Waals surface area (Å²) < 4.78 is 5.52. The highest BCUT2D eigenvalue weighted by atomic mass is 16.5. The molecule has 2 fully saturated rings. The average molecular weight is 302 g/mol. The molecule has 22 heavy (non-hydrogen) atoms. The van der Waals surface area contributed by atoms with Gasteiger partial charge in [-0.25, -0.2) is 0 Å². The number of likely N-dealkylation sites (N-methyl/N-ethyl adjacent to an activating group) is 1. The second kappa shape index (κ2) is 6.69. The van der Waals surface area contributed by atoms with Gasteiger partial charge in [0, 0.05) is 24.2 Å². The Balaban J connectivity index is 1.77. The number of carbonyl (C=O) groups excluding carboxylic acids is 1. The molecule has 2 saturated heterocycles. The van der Waals surface area contributed by atoms with Gasteiger partial charge in [0.15, 0.2) is 0 Å². The molecule has 2 atom stereocenters. The Hall–Kier alpha value is -1.55. The third kappa shape index (κ3) is 2.98. The number of carbonyl (C=O) groups is 1. The summed E-state index contributed by atoms with van der Waals surface area (Å²) in [6.07, 6.45) is 4.71. The monoisotopic (exact) mass is 302 g/mol. The molecule has 1 aromatic carbocycles. The lowest BCUT2D eigenvalue weighted by Gasteiger charge is -2.33. The third-order valence-corrected chi connectivity index (χ3v) is 4.97. The molecule has 1 aromatic rings. The van der Waals surface area contributed by atoms with E-state index in [1.165, 1.54) is 12.8 Å². The molecule has 0 N–H and O–H groups in total. The van der Waals surface area contributed by atoms with E-state index in [9.17, 15) is 4.79 Å². The van der Waals surface area contributed by atoms with Crippen LogP contribution in [0.1, 0.15) is 43.0 Å². The Morgan fingerprint density at radius 1 is 1.23 bits per heavy atom. The highest BCUT2D eigenvalue weighted by molar-refractivity contribution is 5.95. The van der Waals surface area contributed by atoms with E-state index in [1.54, 1.807) is 0 Å². The smallest absolute Gasteiger partial charge is 0.254 e. The van der Waals surface area contributed by atoms with Crippen molar-refractivity contribution in [2.45, 2.75) is 44.7 Å². The quantitative estimate of drug-likeness (QED) is 0.857. The number of rotatable bonds is 4. The fourth-order valence-corrected chi connectivity index (χ4v) is 3.92. The molecule has 0 spiro atoms. The number of nitrogens with zero attached hydrogens (tertiary/aromatic N) is 2. The second-order valence-corrected chi connectivity index (χ2v) is 6.36. The first kappa shape index (κ1) is 15.3. The fourth-order valence-electron chi connectivity index (χ4n) is 3.92. The predicted octanol–water partition coefficient (Wildman–Crippen LogP) is 2.78. The summed E-state index contributed by atoms with van der Waals surface area (Å²) in [7, 11) is 2.19. The van der Waals surface area contributed by atoms with Crippen LogP contribution in [0.4, 0.5) is 0 Å². The topological polar surface area (TPSA) is 32.8 Å². The molecule has 2 heterocycles. The lowest BCUT2D eigenvalue weighted by molar-refractivity contribution is 0.0664. The van der Waals surface area contributed by atoms with Gasteiger partial charge in [-0.15, -0.1) is 0 Å². The van der Waals surface area contributed by atoms with E-state index in [1.807, 2.05) is 31.2 Å². The Morgan fingerprint density at radius 2 is 2.00 bits per heavy atom. The zero-order chi connectivity index (χ0) is 15.5. The molecule has 2 aliphatic rings. The minimum absolute atomic E-state index is 0.157. The van der Waals surface area contributed by atoms with Crippen molar-refractivity contribution in [3.63, 3.8) is 0 Å². The first-order chi connectivity index (χ1) is 10.7. The van der Waals surface area contributed by atoms with Crippen LogP contribution in [0.5, 0.6) is 5.75 Å². The molecule has 0 radical (unpaired) electrons. The Labute approximate surface area is 133 Å². The molecule has 2 aliphatic heterocycles. The predicted molar refractivity (Wildman–Crippen MR) is 87.3 cm³/mol. The highest BCUT2D eigenvalue weighted by Gasteiger charge is 2.38. The van der Waals surface area contributed by atoms with Crippen molar-refractivity contribution >= 4 is 5.91 Å². The summed E-state index contributed by atoms with van der Waals surface area (Å²) in [5.74, 6) is 0.937. The third-order valence-electron chi connectivity index (χ3n) is 4.97. The van der Waals surface area contributed by atoms with Gasteiger partial charge in [0.2, 0.25) is 0 Å². The largest absolute Gasteiger partial charge is 0.494 e. The minimum Gasteiger partial charge on any atom is -0.494 e. The van der Waals surface area contributed by atoms with E-state index >= 15 is 0 Å². The molecule has 0 unspecified atom stereocenters. The standard InChI is InChI=1S/C18H26N2O2/c1-3-22-15-8-4-7-14(13-15)18(21)20-12-6-10-17(20)16-9-5-11-19(16)2/h4,7-8,13,16-17H,3,5-6,9-12H2,1-2H3/t16-,17+/m1/s1. The van der Waals surface area contributed by atoms with Gasteiger partial charge in [-0.1, -0.05) is 6.07 Å². The first-order valence-electron chi connectivity index (χ1n) is 8.44. The normalized spacial score (nSPS) is 25.6. The number of hydrogen-bond acceptors (Lipinski definition) is 3. The van der Waals surface area contributed by atoms with Gasteiger partial charge in [-0.2, -0.15) is 0 Å². The SMILES string of the molecule is CCOc1cccc(C(=O)N2CCC[C@H]2[C@H]2CCCN2C)c1. The molecule has 120 valence electrons. The lowest BCUT2D eigenvalue weighted by atomic mass is 10.0. The van der Waals surface area contributed by atoms with Crippen LogP contribution in [0.2, 0.25) is 0 Å². The van der Waals surface area contributed by atoms with Crippen molar-refractivity contribution in [2.75, 3.05) is 26.7 Å². The van der Waals surface area contributed by atoms with E-state index < -0.39 is 0 Å². The molecular weight excluding hydrogens is 276 g/mol. The van der Waals surface area contributed by atoms with Crippen molar-refractivity contribution in [3.05, 3.63) is 29.8 Å².